The van der Waals surface area contributed by atoms with Crippen molar-refractivity contribution in [2.45, 2.75) is 32.7 Å². The van der Waals surface area contributed by atoms with Gasteiger partial charge in [-0.25, -0.2) is 0 Å². The van der Waals surface area contributed by atoms with Crippen LogP contribution in [0.2, 0.25) is 0 Å². The van der Waals surface area contributed by atoms with Gasteiger partial charge in [-0.05, 0) is 36.4 Å². The first-order valence-electron chi connectivity index (χ1n) is 6.72. The van der Waals surface area contributed by atoms with E-state index >= 15 is 0 Å². The van der Waals surface area contributed by atoms with Crippen molar-refractivity contribution in [1.82, 2.24) is 4.90 Å². The summed E-state index contributed by atoms with van der Waals surface area (Å²) < 4.78 is 0. The summed E-state index contributed by atoms with van der Waals surface area (Å²) in [5.74, 6) is 0.840. The largest absolute Gasteiger partial charge is 0.393 e. The third-order valence-electron chi connectivity index (χ3n) is 3.55. The highest BCUT2D eigenvalue weighted by Gasteiger charge is 2.15. The lowest BCUT2D eigenvalue weighted by molar-refractivity contribution is 0.176. The van der Waals surface area contributed by atoms with Crippen LogP contribution in [0.5, 0.6) is 0 Å². The van der Waals surface area contributed by atoms with Gasteiger partial charge in [0.05, 0.1) is 4.99 Å². The number of rotatable bonds is 4. The molecule has 1 unspecified atom stereocenters. The van der Waals surface area contributed by atoms with Crippen LogP contribution in [0, 0.1) is 5.92 Å². The summed E-state index contributed by atoms with van der Waals surface area (Å²) >= 11 is 4.92. The van der Waals surface area contributed by atoms with Crippen LogP contribution in [0.15, 0.2) is 24.3 Å². The van der Waals surface area contributed by atoms with Gasteiger partial charge in [0.15, 0.2) is 0 Å². The quantitative estimate of drug-likeness (QED) is 0.846. The van der Waals surface area contributed by atoms with Crippen LogP contribution in [0.4, 0.5) is 0 Å². The molecule has 1 aliphatic rings. The molecule has 18 heavy (non-hydrogen) atoms. The van der Waals surface area contributed by atoms with E-state index in [2.05, 4.69) is 36.1 Å². The molecule has 1 aromatic carbocycles. The lowest BCUT2D eigenvalue weighted by atomic mass is 9.99. The number of hydrogen-bond acceptors (Lipinski definition) is 2. The molecule has 3 heteroatoms. The molecule has 1 atom stereocenters. The zero-order valence-electron chi connectivity index (χ0n) is 11.1. The molecule has 0 aliphatic carbocycles. The molecule has 98 valence electrons. The van der Waals surface area contributed by atoms with E-state index in [9.17, 15) is 0 Å². The topological polar surface area (TPSA) is 29.3 Å². The van der Waals surface area contributed by atoms with Gasteiger partial charge in [-0.1, -0.05) is 43.4 Å². The molecule has 0 amide bonds. The third kappa shape index (κ3) is 4.07. The molecule has 1 aliphatic heterocycles. The van der Waals surface area contributed by atoms with Crippen LogP contribution in [-0.4, -0.2) is 23.0 Å². The van der Waals surface area contributed by atoms with Gasteiger partial charge in [0.2, 0.25) is 0 Å². The molecule has 0 aromatic heterocycles. The van der Waals surface area contributed by atoms with Crippen LogP contribution >= 0.6 is 12.2 Å². The Balaban J connectivity index is 1.91. The van der Waals surface area contributed by atoms with Crippen molar-refractivity contribution in [3.05, 3.63) is 35.4 Å². The second kappa shape index (κ2) is 6.30. The molecular weight excluding hydrogens is 240 g/mol. The summed E-state index contributed by atoms with van der Waals surface area (Å²) in [6, 6.07) is 8.68. The fraction of sp³-hybridized carbons (Fsp3) is 0.533. The Morgan fingerprint density at radius 1 is 1.33 bits per heavy atom. The van der Waals surface area contributed by atoms with E-state index in [0.717, 1.165) is 12.5 Å². The van der Waals surface area contributed by atoms with E-state index in [1.165, 1.54) is 37.1 Å². The monoisotopic (exact) mass is 262 g/mol. The Labute approximate surface area is 115 Å². The van der Waals surface area contributed by atoms with Gasteiger partial charge in [-0.15, -0.1) is 0 Å². The summed E-state index contributed by atoms with van der Waals surface area (Å²) in [5.41, 5.74) is 8.14. The third-order valence-corrected chi connectivity index (χ3v) is 3.69. The molecule has 0 saturated carbocycles. The summed E-state index contributed by atoms with van der Waals surface area (Å²) in [6.45, 7) is 5.88. The van der Waals surface area contributed by atoms with Gasteiger partial charge >= 0.3 is 0 Å². The second-order valence-corrected chi connectivity index (χ2v) is 5.97. The second-order valence-electron chi connectivity index (χ2n) is 5.44. The Morgan fingerprint density at radius 3 is 2.61 bits per heavy atom. The molecule has 1 fully saturated rings. The number of likely N-dealkylation sites (tertiary alicyclic amines) is 1. The first-order valence-corrected chi connectivity index (χ1v) is 7.13. The number of benzene rings is 1. The molecule has 2 rings (SSSR count). The van der Waals surface area contributed by atoms with Gasteiger partial charge in [0.1, 0.15) is 0 Å². The Kier molecular flexibility index (Phi) is 4.72. The van der Waals surface area contributed by atoms with Crippen molar-refractivity contribution < 1.29 is 0 Å². The minimum atomic E-state index is 0.563. The predicted molar refractivity (Wildman–Crippen MR) is 80.6 cm³/mol. The van der Waals surface area contributed by atoms with Gasteiger partial charge in [0.25, 0.3) is 0 Å². The summed E-state index contributed by atoms with van der Waals surface area (Å²) in [4.78, 5) is 3.11. The maximum Gasteiger partial charge on any atom is 0.0771 e. The zero-order valence-corrected chi connectivity index (χ0v) is 11.9. The van der Waals surface area contributed by atoms with Gasteiger partial charge in [0, 0.05) is 19.5 Å². The zero-order chi connectivity index (χ0) is 13.0. The van der Waals surface area contributed by atoms with Gasteiger partial charge in [-0.2, -0.15) is 0 Å². The standard InChI is InChI=1S/C15H22N2S/c1-12-3-2-8-17(10-12)11-14-6-4-13(5-7-14)9-15(16)18/h4-7,12H,2-3,8-11H2,1H3,(H2,16,18). The van der Waals surface area contributed by atoms with Crippen molar-refractivity contribution >= 4 is 17.2 Å². The summed E-state index contributed by atoms with van der Waals surface area (Å²) in [7, 11) is 0. The lowest BCUT2D eigenvalue weighted by Gasteiger charge is -2.30. The van der Waals surface area contributed by atoms with Crippen molar-refractivity contribution in [2.75, 3.05) is 13.1 Å². The highest BCUT2D eigenvalue weighted by atomic mass is 32.1. The van der Waals surface area contributed by atoms with E-state index < -0.39 is 0 Å². The van der Waals surface area contributed by atoms with Crippen LogP contribution in [0.1, 0.15) is 30.9 Å². The van der Waals surface area contributed by atoms with Crippen LogP contribution in [0.25, 0.3) is 0 Å². The van der Waals surface area contributed by atoms with E-state index in [1.54, 1.807) is 0 Å². The predicted octanol–water partition coefficient (Wildman–Crippen LogP) is 2.75. The SMILES string of the molecule is CC1CCCN(Cc2ccc(CC(N)=S)cc2)C1. The summed E-state index contributed by atoms with van der Waals surface area (Å²) in [5, 5.41) is 0. The number of nitrogens with zero attached hydrogens (tertiary/aromatic N) is 1. The lowest BCUT2D eigenvalue weighted by Crippen LogP contribution is -2.33. The van der Waals surface area contributed by atoms with Crippen molar-refractivity contribution in [3.8, 4) is 0 Å². The van der Waals surface area contributed by atoms with Crippen molar-refractivity contribution in [2.24, 2.45) is 11.7 Å². The van der Waals surface area contributed by atoms with E-state index in [1.807, 2.05) is 0 Å². The fourth-order valence-electron chi connectivity index (χ4n) is 2.65. The minimum Gasteiger partial charge on any atom is -0.393 e. The molecule has 0 bridgehead atoms. The molecule has 1 heterocycles. The van der Waals surface area contributed by atoms with E-state index in [-0.39, 0.29) is 0 Å². The maximum absolute atomic E-state index is 5.55. The number of nitrogens with two attached hydrogens (primary N) is 1. The van der Waals surface area contributed by atoms with E-state index in [0.29, 0.717) is 11.4 Å². The molecule has 0 spiro atoms. The first-order chi connectivity index (χ1) is 8.63. The number of piperidine rings is 1. The average Bonchev–Trinajstić information content (AvgIpc) is 2.31. The average molecular weight is 262 g/mol. The van der Waals surface area contributed by atoms with E-state index in [4.69, 9.17) is 18.0 Å². The van der Waals surface area contributed by atoms with Crippen molar-refractivity contribution in [3.63, 3.8) is 0 Å². The normalized spacial score (nSPS) is 20.8. The molecule has 1 saturated heterocycles. The molecule has 2 N–H and O–H groups in total. The summed E-state index contributed by atoms with van der Waals surface area (Å²) in [6.07, 6.45) is 3.42. The Morgan fingerprint density at radius 2 is 2.00 bits per heavy atom. The number of thiocarbonyl (C=S) groups is 1. The Bertz CT molecular complexity index is 399. The van der Waals surface area contributed by atoms with Crippen LogP contribution in [-0.2, 0) is 13.0 Å². The van der Waals surface area contributed by atoms with Crippen molar-refractivity contribution in [1.29, 1.82) is 0 Å². The fourth-order valence-corrected chi connectivity index (χ4v) is 2.82. The van der Waals surface area contributed by atoms with Crippen LogP contribution < -0.4 is 5.73 Å². The molecular formula is C15H22N2S. The highest BCUT2D eigenvalue weighted by molar-refractivity contribution is 7.80. The Hall–Kier alpha value is -0.930. The maximum atomic E-state index is 5.55. The molecule has 1 aromatic rings. The number of hydrogen-bond donors (Lipinski definition) is 1. The molecule has 0 radical (unpaired) electrons. The highest BCUT2D eigenvalue weighted by Crippen LogP contribution is 2.18. The van der Waals surface area contributed by atoms with Gasteiger partial charge in [-0.3, -0.25) is 4.90 Å². The smallest absolute Gasteiger partial charge is 0.0771 e. The van der Waals surface area contributed by atoms with Crippen LogP contribution in [0.3, 0.4) is 0 Å². The first kappa shape index (κ1) is 13.5. The molecule has 2 nitrogen and oxygen atoms in total. The van der Waals surface area contributed by atoms with Gasteiger partial charge < -0.3 is 5.73 Å². The minimum absolute atomic E-state index is 0.563.